The van der Waals surface area contributed by atoms with Crippen molar-refractivity contribution in [2.45, 2.75) is 52.2 Å². The van der Waals surface area contributed by atoms with E-state index in [0.29, 0.717) is 19.3 Å². The fraction of sp³-hybridized carbons (Fsp3) is 0.917. The van der Waals surface area contributed by atoms with Gasteiger partial charge in [0.15, 0.2) is 0 Å². The highest BCUT2D eigenvalue weighted by Gasteiger charge is 2.34. The maximum Gasteiger partial charge on any atom is 0.240 e. The predicted octanol–water partition coefficient (Wildman–Crippen LogP) is 1.01. The Labute approximate surface area is 98.3 Å². The van der Waals surface area contributed by atoms with Crippen LogP contribution in [0.1, 0.15) is 34.1 Å². The van der Waals surface area contributed by atoms with Crippen molar-refractivity contribution in [3.05, 3.63) is 0 Å². The molecule has 0 bridgehead atoms. The van der Waals surface area contributed by atoms with Crippen LogP contribution >= 0.6 is 0 Å². The van der Waals surface area contributed by atoms with E-state index in [2.05, 4.69) is 19.2 Å². The van der Waals surface area contributed by atoms with E-state index >= 15 is 0 Å². The zero-order valence-electron chi connectivity index (χ0n) is 10.8. The van der Waals surface area contributed by atoms with Gasteiger partial charge in [-0.15, -0.1) is 0 Å². The first-order valence-corrected chi connectivity index (χ1v) is 6.20. The highest BCUT2D eigenvalue weighted by molar-refractivity contribution is 5.84. The van der Waals surface area contributed by atoms with E-state index in [1.165, 1.54) is 0 Å². The van der Waals surface area contributed by atoms with Crippen molar-refractivity contribution >= 4 is 5.91 Å². The molecule has 1 saturated heterocycles. The fourth-order valence-electron chi connectivity index (χ4n) is 2.07. The van der Waals surface area contributed by atoms with Crippen LogP contribution in [0.2, 0.25) is 0 Å². The zero-order chi connectivity index (χ0) is 12.1. The lowest BCUT2D eigenvalue weighted by molar-refractivity contribution is -0.132. The topological polar surface area (TPSA) is 41.6 Å². The summed E-state index contributed by atoms with van der Waals surface area (Å²) in [7, 11) is 0. The monoisotopic (exact) mass is 228 g/mol. The van der Waals surface area contributed by atoms with E-state index < -0.39 is 0 Å². The molecule has 1 N–H and O–H groups in total. The molecule has 4 nitrogen and oxygen atoms in total. The van der Waals surface area contributed by atoms with Gasteiger partial charge in [0.2, 0.25) is 5.91 Å². The van der Waals surface area contributed by atoms with Gasteiger partial charge in [-0.05, 0) is 20.3 Å². The average molecular weight is 228 g/mol. The summed E-state index contributed by atoms with van der Waals surface area (Å²) in [5.41, 5.74) is 0. The Hall–Kier alpha value is -0.610. The number of nitrogens with zero attached hydrogens (tertiary/aromatic N) is 1. The van der Waals surface area contributed by atoms with Gasteiger partial charge < -0.3 is 15.0 Å². The molecular formula is C12H24N2O2. The number of likely N-dealkylation sites (tertiary alicyclic amines) is 1. The second kappa shape index (κ2) is 6.21. The van der Waals surface area contributed by atoms with E-state index in [4.69, 9.17) is 4.74 Å². The standard InChI is InChI=1S/C12H24N2O2/c1-5-16-8-10(4)14-7-6-11(12(14)15)13-9(2)3/h9-11,13H,5-8H2,1-4H3. The molecule has 0 aromatic heterocycles. The molecule has 4 heteroatoms. The minimum Gasteiger partial charge on any atom is -0.380 e. The molecule has 1 fully saturated rings. The minimum absolute atomic E-state index is 0.00377. The fourth-order valence-corrected chi connectivity index (χ4v) is 2.07. The van der Waals surface area contributed by atoms with Crippen LogP contribution in [0, 0.1) is 0 Å². The van der Waals surface area contributed by atoms with Gasteiger partial charge in [0.25, 0.3) is 0 Å². The minimum atomic E-state index is 0.00377. The SMILES string of the molecule is CCOCC(C)N1CCC(NC(C)C)C1=O. The number of carbonyl (C=O) groups excluding carboxylic acids is 1. The molecular weight excluding hydrogens is 204 g/mol. The Morgan fingerprint density at radius 1 is 1.50 bits per heavy atom. The highest BCUT2D eigenvalue weighted by Crippen LogP contribution is 2.15. The number of nitrogens with one attached hydrogen (secondary N) is 1. The molecule has 1 amide bonds. The van der Waals surface area contributed by atoms with Gasteiger partial charge in [-0.2, -0.15) is 0 Å². The van der Waals surface area contributed by atoms with Gasteiger partial charge >= 0.3 is 0 Å². The summed E-state index contributed by atoms with van der Waals surface area (Å²) in [6.07, 6.45) is 0.910. The van der Waals surface area contributed by atoms with Crippen LogP contribution in [0.15, 0.2) is 0 Å². The molecule has 0 aromatic rings. The van der Waals surface area contributed by atoms with Crippen LogP contribution in [0.5, 0.6) is 0 Å². The van der Waals surface area contributed by atoms with Crippen LogP contribution in [-0.4, -0.2) is 48.7 Å². The van der Waals surface area contributed by atoms with Gasteiger partial charge in [0.05, 0.1) is 18.7 Å². The Kier molecular flexibility index (Phi) is 5.22. The molecule has 1 heterocycles. The summed E-state index contributed by atoms with van der Waals surface area (Å²) in [6.45, 7) is 10.3. The number of carbonyl (C=O) groups is 1. The summed E-state index contributed by atoms with van der Waals surface area (Å²) in [5.74, 6) is 0.223. The lowest BCUT2D eigenvalue weighted by Gasteiger charge is -2.25. The van der Waals surface area contributed by atoms with Crippen LogP contribution in [0.25, 0.3) is 0 Å². The van der Waals surface area contributed by atoms with Crippen LogP contribution in [0.3, 0.4) is 0 Å². The quantitative estimate of drug-likeness (QED) is 0.737. The zero-order valence-corrected chi connectivity index (χ0v) is 10.8. The van der Waals surface area contributed by atoms with Gasteiger partial charge in [0.1, 0.15) is 0 Å². The average Bonchev–Trinajstić information content (AvgIpc) is 2.56. The lowest BCUT2D eigenvalue weighted by atomic mass is 10.2. The molecule has 1 rings (SSSR count). The third-order valence-corrected chi connectivity index (χ3v) is 2.87. The molecule has 0 saturated carbocycles. The molecule has 16 heavy (non-hydrogen) atoms. The summed E-state index contributed by atoms with van der Waals surface area (Å²) < 4.78 is 5.36. The van der Waals surface area contributed by atoms with Crippen molar-refractivity contribution in [1.29, 1.82) is 0 Å². The molecule has 0 radical (unpaired) electrons. The number of ether oxygens (including phenoxy) is 1. The number of hydrogen-bond acceptors (Lipinski definition) is 3. The van der Waals surface area contributed by atoms with Gasteiger partial charge in [0, 0.05) is 19.2 Å². The van der Waals surface area contributed by atoms with Crippen molar-refractivity contribution in [3.63, 3.8) is 0 Å². The molecule has 1 aliphatic heterocycles. The van der Waals surface area contributed by atoms with Gasteiger partial charge in [-0.1, -0.05) is 13.8 Å². The summed E-state index contributed by atoms with van der Waals surface area (Å²) in [6, 6.07) is 0.548. The van der Waals surface area contributed by atoms with E-state index in [9.17, 15) is 4.79 Å². The van der Waals surface area contributed by atoms with Crippen LogP contribution in [0.4, 0.5) is 0 Å². The first kappa shape index (κ1) is 13.5. The lowest BCUT2D eigenvalue weighted by Crippen LogP contribution is -2.45. The first-order chi connectivity index (χ1) is 7.56. The van der Waals surface area contributed by atoms with Crippen molar-refractivity contribution in [2.75, 3.05) is 19.8 Å². The molecule has 1 aliphatic rings. The number of rotatable bonds is 6. The van der Waals surface area contributed by atoms with Crippen LogP contribution < -0.4 is 5.32 Å². The van der Waals surface area contributed by atoms with Crippen molar-refractivity contribution in [1.82, 2.24) is 10.2 Å². The first-order valence-electron chi connectivity index (χ1n) is 6.20. The Bertz CT molecular complexity index is 231. The van der Waals surface area contributed by atoms with Gasteiger partial charge in [-0.25, -0.2) is 0 Å². The number of hydrogen-bond donors (Lipinski definition) is 1. The predicted molar refractivity (Wildman–Crippen MR) is 64.3 cm³/mol. The largest absolute Gasteiger partial charge is 0.380 e. The maximum absolute atomic E-state index is 12.1. The number of amides is 1. The third-order valence-electron chi connectivity index (χ3n) is 2.87. The second-order valence-corrected chi connectivity index (χ2v) is 4.70. The molecule has 0 aliphatic carbocycles. The maximum atomic E-state index is 12.1. The van der Waals surface area contributed by atoms with E-state index in [1.54, 1.807) is 0 Å². The molecule has 0 aromatic carbocycles. The highest BCUT2D eigenvalue weighted by atomic mass is 16.5. The van der Waals surface area contributed by atoms with Crippen LogP contribution in [-0.2, 0) is 9.53 Å². The summed E-state index contributed by atoms with van der Waals surface area (Å²) in [5, 5.41) is 3.30. The Balaban J connectivity index is 2.43. The summed E-state index contributed by atoms with van der Waals surface area (Å²) >= 11 is 0. The smallest absolute Gasteiger partial charge is 0.240 e. The van der Waals surface area contributed by atoms with Crippen molar-refractivity contribution in [2.24, 2.45) is 0 Å². The van der Waals surface area contributed by atoms with E-state index in [-0.39, 0.29) is 18.0 Å². The third kappa shape index (κ3) is 3.46. The van der Waals surface area contributed by atoms with Crippen molar-refractivity contribution in [3.8, 4) is 0 Å². The molecule has 0 spiro atoms. The molecule has 2 atom stereocenters. The second-order valence-electron chi connectivity index (χ2n) is 4.70. The molecule has 2 unspecified atom stereocenters. The molecule has 94 valence electrons. The van der Waals surface area contributed by atoms with Gasteiger partial charge in [-0.3, -0.25) is 4.79 Å². The van der Waals surface area contributed by atoms with E-state index in [1.807, 2.05) is 18.7 Å². The Morgan fingerprint density at radius 2 is 2.19 bits per heavy atom. The normalized spacial score (nSPS) is 23.2. The summed E-state index contributed by atoms with van der Waals surface area (Å²) in [4.78, 5) is 14.0. The van der Waals surface area contributed by atoms with E-state index in [0.717, 1.165) is 13.0 Å². The Morgan fingerprint density at radius 3 is 2.75 bits per heavy atom. The van der Waals surface area contributed by atoms with Crippen molar-refractivity contribution < 1.29 is 9.53 Å².